The number of hydrogen-bond donors (Lipinski definition) is 3. The first kappa shape index (κ1) is 18.0. The van der Waals surface area contributed by atoms with Crippen LogP contribution in [0.3, 0.4) is 0 Å². The molecule has 0 aliphatic heterocycles. The quantitative estimate of drug-likeness (QED) is 0.590. The van der Waals surface area contributed by atoms with E-state index in [0.717, 1.165) is 0 Å². The Morgan fingerprint density at radius 3 is 2.64 bits per heavy atom. The second kappa shape index (κ2) is 8.41. The molecule has 0 spiro atoms. The Labute approximate surface area is 130 Å². The molecule has 0 aliphatic carbocycles. The third kappa shape index (κ3) is 5.38. The first-order valence-corrected chi connectivity index (χ1v) is 7.06. The third-order valence-electron chi connectivity index (χ3n) is 3.00. The van der Waals surface area contributed by atoms with Crippen molar-refractivity contribution >= 4 is 11.5 Å². The van der Waals surface area contributed by atoms with Crippen molar-refractivity contribution in [3.63, 3.8) is 0 Å². The van der Waals surface area contributed by atoms with Gasteiger partial charge in [-0.2, -0.15) is 0 Å². The Morgan fingerprint density at radius 2 is 2.09 bits per heavy atom. The van der Waals surface area contributed by atoms with Crippen molar-refractivity contribution < 1.29 is 19.4 Å². The van der Waals surface area contributed by atoms with E-state index in [9.17, 15) is 9.90 Å². The van der Waals surface area contributed by atoms with Gasteiger partial charge in [-0.25, -0.2) is 0 Å². The lowest BCUT2D eigenvalue weighted by Gasteiger charge is -2.17. The number of hydrogen-bond acceptors (Lipinski definition) is 5. The summed E-state index contributed by atoms with van der Waals surface area (Å²) >= 11 is 0. The van der Waals surface area contributed by atoms with E-state index in [1.807, 2.05) is 13.8 Å². The molecule has 0 aromatic heterocycles. The van der Waals surface area contributed by atoms with E-state index in [2.05, 4.69) is 11.9 Å². The van der Waals surface area contributed by atoms with Crippen molar-refractivity contribution in [3.05, 3.63) is 30.3 Å². The highest BCUT2D eigenvalue weighted by Gasteiger charge is 2.12. The van der Waals surface area contributed by atoms with Gasteiger partial charge in [-0.1, -0.05) is 26.5 Å². The molecular formula is C16H24N2O4. The van der Waals surface area contributed by atoms with Gasteiger partial charge in [0.2, 0.25) is 5.91 Å². The highest BCUT2D eigenvalue weighted by Crippen LogP contribution is 2.30. The number of nitrogens with two attached hydrogens (primary N) is 1. The summed E-state index contributed by atoms with van der Waals surface area (Å²) in [5.41, 5.74) is 5.97. The Hall–Kier alpha value is -2.05. The highest BCUT2D eigenvalue weighted by molar-refractivity contribution is 6.17. The van der Waals surface area contributed by atoms with Crippen LogP contribution in [0.2, 0.25) is 0 Å². The number of carbonyl (C=O) groups excluding carboxylic acids is 1. The van der Waals surface area contributed by atoms with Crippen LogP contribution >= 0.6 is 0 Å². The summed E-state index contributed by atoms with van der Waals surface area (Å²) in [6.45, 7) is 8.20. The van der Waals surface area contributed by atoms with Crippen LogP contribution in [0.15, 0.2) is 24.8 Å². The predicted molar refractivity (Wildman–Crippen MR) is 85.9 cm³/mol. The van der Waals surface area contributed by atoms with Crippen molar-refractivity contribution in [2.75, 3.05) is 20.3 Å². The van der Waals surface area contributed by atoms with Gasteiger partial charge in [0.15, 0.2) is 11.5 Å². The first-order valence-electron chi connectivity index (χ1n) is 7.06. The fourth-order valence-corrected chi connectivity index (χ4v) is 1.73. The molecule has 1 unspecified atom stereocenters. The van der Waals surface area contributed by atoms with Gasteiger partial charge in [-0.3, -0.25) is 4.79 Å². The summed E-state index contributed by atoms with van der Waals surface area (Å²) in [6.07, 6.45) is -0.632. The van der Waals surface area contributed by atoms with Crippen LogP contribution in [0.1, 0.15) is 19.4 Å². The van der Waals surface area contributed by atoms with Crippen molar-refractivity contribution in [1.82, 2.24) is 5.32 Å². The van der Waals surface area contributed by atoms with Crippen molar-refractivity contribution in [1.29, 1.82) is 0 Å². The smallest absolute Gasteiger partial charge is 0.248 e. The molecule has 0 heterocycles. The minimum Gasteiger partial charge on any atom is -0.493 e. The minimum atomic E-state index is -0.632. The summed E-state index contributed by atoms with van der Waals surface area (Å²) in [5.74, 6) is 0.335. The number of amides is 1. The number of primary amides is 1. The van der Waals surface area contributed by atoms with Crippen LogP contribution in [0.5, 0.6) is 11.5 Å². The third-order valence-corrected chi connectivity index (χ3v) is 3.00. The van der Waals surface area contributed by atoms with E-state index in [4.69, 9.17) is 15.2 Å². The van der Waals surface area contributed by atoms with Gasteiger partial charge in [-0.05, 0) is 17.7 Å². The van der Waals surface area contributed by atoms with Gasteiger partial charge < -0.3 is 25.6 Å². The fourth-order valence-electron chi connectivity index (χ4n) is 1.73. The number of methoxy groups -OCH3 is 1. The van der Waals surface area contributed by atoms with Crippen LogP contribution < -0.4 is 20.5 Å². The number of aliphatic hydroxyl groups excluding tert-OH is 1. The molecule has 1 atom stereocenters. The van der Waals surface area contributed by atoms with E-state index in [1.165, 1.54) is 7.11 Å². The molecule has 0 fully saturated rings. The maximum absolute atomic E-state index is 11.1. The van der Waals surface area contributed by atoms with Gasteiger partial charge in [-0.15, -0.1) is 0 Å². The molecule has 122 valence electrons. The molecule has 1 aromatic rings. The number of benzene rings is 1. The van der Waals surface area contributed by atoms with Gasteiger partial charge in [0.05, 0.1) is 7.11 Å². The minimum absolute atomic E-state index is 0.131. The van der Waals surface area contributed by atoms with Crippen LogP contribution in [0.25, 0.3) is 5.57 Å². The molecule has 0 radical (unpaired) electrons. The monoisotopic (exact) mass is 308 g/mol. The lowest BCUT2D eigenvalue weighted by molar-refractivity contribution is -0.112. The molecule has 6 heteroatoms. The maximum atomic E-state index is 11.1. The Bertz CT molecular complexity index is 529. The number of rotatable bonds is 9. The fraction of sp³-hybridized carbons (Fsp3) is 0.438. The molecular weight excluding hydrogens is 284 g/mol. The number of aliphatic hydroxyl groups is 1. The largest absolute Gasteiger partial charge is 0.493 e. The van der Waals surface area contributed by atoms with Crippen molar-refractivity contribution in [2.45, 2.75) is 26.0 Å². The van der Waals surface area contributed by atoms with E-state index in [1.54, 1.807) is 18.2 Å². The van der Waals surface area contributed by atoms with Gasteiger partial charge in [0.1, 0.15) is 12.7 Å². The molecule has 22 heavy (non-hydrogen) atoms. The molecule has 6 nitrogen and oxygen atoms in total. The summed E-state index contributed by atoms with van der Waals surface area (Å²) in [6, 6.07) is 5.25. The Balaban J connectivity index is 2.71. The zero-order chi connectivity index (χ0) is 16.7. The molecule has 1 amide bonds. The second-order valence-corrected chi connectivity index (χ2v) is 5.24. The van der Waals surface area contributed by atoms with E-state index >= 15 is 0 Å². The molecule has 4 N–H and O–H groups in total. The van der Waals surface area contributed by atoms with Crippen molar-refractivity contribution in [2.24, 2.45) is 5.73 Å². The molecule has 0 bridgehead atoms. The number of ether oxygens (including phenoxy) is 2. The standard InChI is InChI=1S/C16H24N2O4/c1-10(2)18-8-13(19)9-22-14-6-5-12(7-15(14)21-4)11(3)16(17)20/h5-7,10,13,18-19H,3,8-9H2,1-2,4H3,(H2,17,20). The average Bonchev–Trinajstić information content (AvgIpc) is 2.49. The zero-order valence-corrected chi connectivity index (χ0v) is 13.3. The first-order chi connectivity index (χ1) is 10.3. The maximum Gasteiger partial charge on any atom is 0.248 e. The van der Waals surface area contributed by atoms with E-state index in [-0.39, 0.29) is 12.2 Å². The van der Waals surface area contributed by atoms with Crippen LogP contribution in [-0.4, -0.2) is 43.4 Å². The summed E-state index contributed by atoms with van der Waals surface area (Å²) < 4.78 is 10.8. The Kier molecular flexibility index (Phi) is 6.88. The molecule has 0 saturated carbocycles. The van der Waals surface area contributed by atoms with Gasteiger partial charge in [0.25, 0.3) is 0 Å². The number of carbonyl (C=O) groups is 1. The predicted octanol–water partition coefficient (Wildman–Crippen LogP) is 0.931. The van der Waals surface area contributed by atoms with Gasteiger partial charge >= 0.3 is 0 Å². The lowest BCUT2D eigenvalue weighted by Crippen LogP contribution is -2.35. The number of nitrogens with one attached hydrogen (secondary N) is 1. The Morgan fingerprint density at radius 1 is 1.41 bits per heavy atom. The average molecular weight is 308 g/mol. The summed E-state index contributed by atoms with van der Waals surface area (Å²) in [4.78, 5) is 11.1. The molecule has 1 aromatic carbocycles. The molecule has 0 aliphatic rings. The van der Waals surface area contributed by atoms with E-state index in [0.29, 0.717) is 29.6 Å². The zero-order valence-electron chi connectivity index (χ0n) is 13.3. The topological polar surface area (TPSA) is 93.8 Å². The normalized spacial score (nSPS) is 12.0. The summed E-state index contributed by atoms with van der Waals surface area (Å²) in [5, 5.41) is 13.0. The van der Waals surface area contributed by atoms with Crippen LogP contribution in [0.4, 0.5) is 0 Å². The van der Waals surface area contributed by atoms with Crippen LogP contribution in [0, 0.1) is 0 Å². The SMILES string of the molecule is C=C(C(N)=O)c1ccc(OCC(O)CNC(C)C)c(OC)c1. The van der Waals surface area contributed by atoms with Crippen molar-refractivity contribution in [3.8, 4) is 11.5 Å². The second-order valence-electron chi connectivity index (χ2n) is 5.24. The highest BCUT2D eigenvalue weighted by atomic mass is 16.5. The molecule has 0 saturated heterocycles. The van der Waals surface area contributed by atoms with Gasteiger partial charge in [0, 0.05) is 18.2 Å². The van der Waals surface area contributed by atoms with E-state index < -0.39 is 12.0 Å². The summed E-state index contributed by atoms with van der Waals surface area (Å²) in [7, 11) is 1.50. The van der Waals surface area contributed by atoms with Crippen LogP contribution in [-0.2, 0) is 4.79 Å². The lowest BCUT2D eigenvalue weighted by atomic mass is 10.1. The molecule has 1 rings (SSSR count).